The first kappa shape index (κ1) is 16.5. The summed E-state index contributed by atoms with van der Waals surface area (Å²) in [5, 5.41) is 6.06. The summed E-state index contributed by atoms with van der Waals surface area (Å²) >= 11 is 0. The number of anilines is 1. The van der Waals surface area contributed by atoms with Crippen molar-refractivity contribution in [1.82, 2.24) is 5.32 Å². The maximum Gasteiger partial charge on any atom is 0.238 e. The fourth-order valence-corrected chi connectivity index (χ4v) is 1.64. The Morgan fingerprint density at radius 1 is 1.30 bits per heavy atom. The summed E-state index contributed by atoms with van der Waals surface area (Å²) in [5.41, 5.74) is 0.870. The van der Waals surface area contributed by atoms with E-state index in [4.69, 9.17) is 4.74 Å². The first-order valence-electron chi connectivity index (χ1n) is 7.00. The Morgan fingerprint density at radius 3 is 2.55 bits per heavy atom. The molecule has 1 aromatic rings. The molecule has 0 aromatic heterocycles. The fraction of sp³-hybridized carbons (Fsp3) is 0.562. The SMILES string of the molecule is COc1ccccc1NC(=O)CNCC(C)(C)C(C)C. The van der Waals surface area contributed by atoms with Crippen molar-refractivity contribution < 1.29 is 9.53 Å². The number of hydrogen-bond donors (Lipinski definition) is 2. The molecule has 0 aliphatic rings. The molecule has 112 valence electrons. The van der Waals surface area contributed by atoms with E-state index in [1.54, 1.807) is 7.11 Å². The van der Waals surface area contributed by atoms with Gasteiger partial charge in [-0.25, -0.2) is 0 Å². The average molecular weight is 278 g/mol. The average Bonchev–Trinajstić information content (AvgIpc) is 2.39. The highest BCUT2D eigenvalue weighted by molar-refractivity contribution is 5.93. The summed E-state index contributed by atoms with van der Waals surface area (Å²) in [7, 11) is 1.59. The molecule has 1 aromatic carbocycles. The van der Waals surface area contributed by atoms with Crippen LogP contribution in [0.4, 0.5) is 5.69 Å². The predicted octanol–water partition coefficient (Wildman–Crippen LogP) is 2.91. The first-order chi connectivity index (χ1) is 9.36. The Balaban J connectivity index is 2.45. The molecular weight excluding hydrogens is 252 g/mol. The van der Waals surface area contributed by atoms with Gasteiger partial charge in [-0.3, -0.25) is 4.79 Å². The monoisotopic (exact) mass is 278 g/mol. The second-order valence-electron chi connectivity index (χ2n) is 6.00. The van der Waals surface area contributed by atoms with Crippen LogP contribution in [0.3, 0.4) is 0 Å². The number of benzene rings is 1. The number of carbonyl (C=O) groups is 1. The fourth-order valence-electron chi connectivity index (χ4n) is 1.64. The summed E-state index contributed by atoms with van der Waals surface area (Å²) in [6.45, 7) is 9.89. The van der Waals surface area contributed by atoms with E-state index in [2.05, 4.69) is 38.3 Å². The molecule has 0 saturated carbocycles. The maximum atomic E-state index is 11.9. The van der Waals surface area contributed by atoms with Crippen molar-refractivity contribution in [1.29, 1.82) is 0 Å². The summed E-state index contributed by atoms with van der Waals surface area (Å²) in [6.07, 6.45) is 0. The van der Waals surface area contributed by atoms with Crippen molar-refractivity contribution in [2.24, 2.45) is 11.3 Å². The molecule has 1 rings (SSSR count). The second-order valence-corrected chi connectivity index (χ2v) is 6.00. The Bertz CT molecular complexity index is 442. The highest BCUT2D eigenvalue weighted by Gasteiger charge is 2.21. The van der Waals surface area contributed by atoms with Gasteiger partial charge in [-0.2, -0.15) is 0 Å². The molecule has 0 bridgehead atoms. The van der Waals surface area contributed by atoms with Crippen molar-refractivity contribution in [2.75, 3.05) is 25.5 Å². The molecule has 4 heteroatoms. The van der Waals surface area contributed by atoms with E-state index in [0.29, 0.717) is 23.9 Å². The standard InChI is InChI=1S/C16H26N2O2/c1-12(2)16(3,4)11-17-10-15(19)18-13-8-6-7-9-14(13)20-5/h6-9,12,17H,10-11H2,1-5H3,(H,18,19). The second kappa shape index (κ2) is 7.29. The predicted molar refractivity (Wildman–Crippen MR) is 83.1 cm³/mol. The van der Waals surface area contributed by atoms with Crippen LogP contribution in [0.5, 0.6) is 5.75 Å². The van der Waals surface area contributed by atoms with E-state index < -0.39 is 0 Å². The lowest BCUT2D eigenvalue weighted by Crippen LogP contribution is -2.37. The van der Waals surface area contributed by atoms with E-state index in [1.165, 1.54) is 0 Å². The van der Waals surface area contributed by atoms with Crippen molar-refractivity contribution in [3.63, 3.8) is 0 Å². The van der Waals surface area contributed by atoms with Crippen LogP contribution in [0, 0.1) is 11.3 Å². The van der Waals surface area contributed by atoms with Crippen LogP contribution < -0.4 is 15.4 Å². The van der Waals surface area contributed by atoms with Gasteiger partial charge in [0, 0.05) is 6.54 Å². The maximum absolute atomic E-state index is 11.9. The van der Waals surface area contributed by atoms with E-state index in [1.807, 2.05) is 24.3 Å². The minimum absolute atomic E-state index is 0.0611. The molecule has 0 atom stereocenters. The molecule has 0 aliphatic carbocycles. The molecule has 0 unspecified atom stereocenters. The van der Waals surface area contributed by atoms with Crippen LogP contribution in [0.25, 0.3) is 0 Å². The van der Waals surface area contributed by atoms with Crippen molar-refractivity contribution in [3.05, 3.63) is 24.3 Å². The molecule has 4 nitrogen and oxygen atoms in total. The van der Waals surface area contributed by atoms with Gasteiger partial charge in [0.05, 0.1) is 19.3 Å². The lowest BCUT2D eigenvalue weighted by atomic mass is 9.81. The summed E-state index contributed by atoms with van der Waals surface area (Å²) in [5.74, 6) is 1.17. The largest absolute Gasteiger partial charge is 0.495 e. The third-order valence-electron chi connectivity index (χ3n) is 3.81. The number of para-hydroxylation sites is 2. The third kappa shape index (κ3) is 4.85. The first-order valence-corrected chi connectivity index (χ1v) is 7.00. The minimum Gasteiger partial charge on any atom is -0.495 e. The van der Waals surface area contributed by atoms with Crippen LogP contribution in [-0.4, -0.2) is 26.1 Å². The highest BCUT2D eigenvalue weighted by atomic mass is 16.5. The molecule has 0 radical (unpaired) electrons. The Kier molecular flexibility index (Phi) is 6.02. The zero-order valence-corrected chi connectivity index (χ0v) is 13.1. The van der Waals surface area contributed by atoms with E-state index in [0.717, 1.165) is 6.54 Å². The number of carbonyl (C=O) groups excluding carboxylic acids is 1. The number of methoxy groups -OCH3 is 1. The van der Waals surface area contributed by atoms with E-state index in [9.17, 15) is 4.79 Å². The number of amides is 1. The lowest BCUT2D eigenvalue weighted by Gasteiger charge is -2.29. The summed E-state index contributed by atoms with van der Waals surface area (Å²) < 4.78 is 5.20. The molecule has 0 fully saturated rings. The quantitative estimate of drug-likeness (QED) is 0.806. The van der Waals surface area contributed by atoms with Crippen LogP contribution in [-0.2, 0) is 4.79 Å². The summed E-state index contributed by atoms with van der Waals surface area (Å²) in [4.78, 5) is 11.9. The Morgan fingerprint density at radius 2 is 1.95 bits per heavy atom. The Labute approximate surface area is 121 Å². The lowest BCUT2D eigenvalue weighted by molar-refractivity contribution is -0.115. The molecule has 0 saturated heterocycles. The number of hydrogen-bond acceptors (Lipinski definition) is 3. The molecule has 0 heterocycles. The van der Waals surface area contributed by atoms with E-state index in [-0.39, 0.29) is 11.3 Å². The van der Waals surface area contributed by atoms with Gasteiger partial charge in [-0.05, 0) is 23.5 Å². The third-order valence-corrected chi connectivity index (χ3v) is 3.81. The zero-order valence-electron chi connectivity index (χ0n) is 13.1. The molecule has 20 heavy (non-hydrogen) atoms. The van der Waals surface area contributed by atoms with E-state index >= 15 is 0 Å². The summed E-state index contributed by atoms with van der Waals surface area (Å²) in [6, 6.07) is 7.39. The number of rotatable bonds is 7. The molecular formula is C16H26N2O2. The molecule has 0 aliphatic heterocycles. The topological polar surface area (TPSA) is 50.4 Å². The van der Waals surface area contributed by atoms with Gasteiger partial charge in [0.25, 0.3) is 0 Å². The van der Waals surface area contributed by atoms with Crippen LogP contribution in [0.15, 0.2) is 24.3 Å². The molecule has 2 N–H and O–H groups in total. The van der Waals surface area contributed by atoms with Gasteiger partial charge in [-0.1, -0.05) is 39.8 Å². The van der Waals surface area contributed by atoms with Gasteiger partial charge >= 0.3 is 0 Å². The zero-order chi connectivity index (χ0) is 15.2. The smallest absolute Gasteiger partial charge is 0.238 e. The van der Waals surface area contributed by atoms with Crippen molar-refractivity contribution in [3.8, 4) is 5.75 Å². The Hall–Kier alpha value is -1.55. The van der Waals surface area contributed by atoms with Crippen LogP contribution in [0.2, 0.25) is 0 Å². The van der Waals surface area contributed by atoms with Gasteiger partial charge < -0.3 is 15.4 Å². The molecule has 0 spiro atoms. The molecule has 1 amide bonds. The minimum atomic E-state index is -0.0611. The van der Waals surface area contributed by atoms with Crippen molar-refractivity contribution >= 4 is 11.6 Å². The highest BCUT2D eigenvalue weighted by Crippen LogP contribution is 2.25. The van der Waals surface area contributed by atoms with Crippen LogP contribution in [0.1, 0.15) is 27.7 Å². The van der Waals surface area contributed by atoms with Gasteiger partial charge in [0.15, 0.2) is 0 Å². The van der Waals surface area contributed by atoms with Gasteiger partial charge in [0.1, 0.15) is 5.75 Å². The number of ether oxygens (including phenoxy) is 1. The van der Waals surface area contributed by atoms with Gasteiger partial charge in [-0.15, -0.1) is 0 Å². The van der Waals surface area contributed by atoms with Crippen molar-refractivity contribution in [2.45, 2.75) is 27.7 Å². The van der Waals surface area contributed by atoms with Crippen LogP contribution >= 0.6 is 0 Å². The number of nitrogens with one attached hydrogen (secondary N) is 2. The van der Waals surface area contributed by atoms with Gasteiger partial charge in [0.2, 0.25) is 5.91 Å². The normalized spacial score (nSPS) is 11.5.